The normalized spacial score (nSPS) is 10.5. The third-order valence-electron chi connectivity index (χ3n) is 1.98. The highest BCUT2D eigenvalue weighted by Gasteiger charge is 2.15. The van der Waals surface area contributed by atoms with Crippen molar-refractivity contribution >= 4 is 11.7 Å². The number of amides is 2. The number of hydrogen-bond acceptors (Lipinski definition) is 1. The highest BCUT2D eigenvalue weighted by atomic mass is 16.2. The molecule has 3 nitrogen and oxygen atoms in total. The van der Waals surface area contributed by atoms with Gasteiger partial charge in [-0.25, -0.2) is 4.79 Å². The van der Waals surface area contributed by atoms with Crippen molar-refractivity contribution < 1.29 is 4.79 Å². The summed E-state index contributed by atoms with van der Waals surface area (Å²) in [6, 6.07) is 9.08. The smallest absolute Gasteiger partial charge is 0.319 e. The van der Waals surface area contributed by atoms with E-state index >= 15 is 0 Å². The van der Waals surface area contributed by atoms with Gasteiger partial charge in [-0.1, -0.05) is 24.3 Å². The first-order valence-electron chi connectivity index (χ1n) is 4.81. The Labute approximate surface area is 90.2 Å². The summed E-state index contributed by atoms with van der Waals surface area (Å²) in [6.45, 7) is 7.41. The number of para-hydroxylation sites is 1. The molecule has 0 aliphatic rings. The topological polar surface area (TPSA) is 41.1 Å². The Morgan fingerprint density at radius 2 is 1.93 bits per heavy atom. The highest BCUT2D eigenvalue weighted by molar-refractivity contribution is 5.89. The molecule has 0 spiro atoms. The molecule has 0 unspecified atom stereocenters. The maximum Gasteiger partial charge on any atom is 0.319 e. The van der Waals surface area contributed by atoms with E-state index in [0.717, 1.165) is 5.69 Å². The molecule has 1 aromatic rings. The maximum atomic E-state index is 11.5. The van der Waals surface area contributed by atoms with Crippen LogP contribution in [0.1, 0.15) is 13.8 Å². The molecule has 1 rings (SSSR count). The van der Waals surface area contributed by atoms with Crippen LogP contribution >= 0.6 is 0 Å². The molecule has 0 radical (unpaired) electrons. The van der Waals surface area contributed by atoms with Gasteiger partial charge < -0.3 is 10.6 Å². The average molecular weight is 204 g/mol. The van der Waals surface area contributed by atoms with Crippen molar-refractivity contribution in [2.75, 3.05) is 5.32 Å². The molecule has 0 bridgehead atoms. The first-order valence-corrected chi connectivity index (χ1v) is 4.81. The second-order valence-electron chi connectivity index (χ2n) is 3.87. The van der Waals surface area contributed by atoms with Gasteiger partial charge in [-0.05, 0) is 26.0 Å². The second kappa shape index (κ2) is 4.64. The van der Waals surface area contributed by atoms with E-state index in [-0.39, 0.29) is 6.03 Å². The Bertz CT molecular complexity index is 344. The molecule has 0 saturated heterocycles. The van der Waals surface area contributed by atoms with Crippen LogP contribution < -0.4 is 10.6 Å². The zero-order valence-corrected chi connectivity index (χ0v) is 9.08. The molecule has 0 heterocycles. The molecule has 0 aromatic heterocycles. The molecule has 2 N–H and O–H groups in total. The molecule has 2 amide bonds. The number of hydrogen-bond donors (Lipinski definition) is 2. The fourth-order valence-electron chi connectivity index (χ4n) is 1.03. The number of urea groups is 1. The quantitative estimate of drug-likeness (QED) is 0.730. The van der Waals surface area contributed by atoms with Crippen LogP contribution in [0, 0.1) is 0 Å². The summed E-state index contributed by atoms with van der Waals surface area (Å²) in [7, 11) is 0. The molecule has 80 valence electrons. The highest BCUT2D eigenvalue weighted by Crippen LogP contribution is 2.06. The van der Waals surface area contributed by atoms with Crippen LogP contribution in [0.25, 0.3) is 0 Å². The van der Waals surface area contributed by atoms with E-state index in [1.54, 1.807) is 6.08 Å². The van der Waals surface area contributed by atoms with Crippen LogP contribution in [-0.4, -0.2) is 11.6 Å². The number of anilines is 1. The van der Waals surface area contributed by atoms with E-state index in [9.17, 15) is 4.79 Å². The summed E-state index contributed by atoms with van der Waals surface area (Å²) in [5, 5.41) is 5.52. The fraction of sp³-hybridized carbons (Fsp3) is 0.250. The van der Waals surface area contributed by atoms with Gasteiger partial charge in [-0.3, -0.25) is 0 Å². The van der Waals surface area contributed by atoms with E-state index in [1.807, 2.05) is 44.2 Å². The van der Waals surface area contributed by atoms with Gasteiger partial charge >= 0.3 is 6.03 Å². The van der Waals surface area contributed by atoms with Gasteiger partial charge in [0.15, 0.2) is 0 Å². The predicted octanol–water partition coefficient (Wildman–Crippen LogP) is 2.77. The van der Waals surface area contributed by atoms with Crippen molar-refractivity contribution in [1.82, 2.24) is 5.32 Å². The molecular weight excluding hydrogens is 188 g/mol. The van der Waals surface area contributed by atoms with Crippen LogP contribution in [0.5, 0.6) is 0 Å². The van der Waals surface area contributed by atoms with Gasteiger partial charge in [-0.2, -0.15) is 0 Å². The Balaban J connectivity index is 2.54. The molecule has 1 aromatic carbocycles. The first kappa shape index (κ1) is 11.3. The Kier molecular flexibility index (Phi) is 3.50. The minimum atomic E-state index is -0.404. The van der Waals surface area contributed by atoms with Crippen LogP contribution in [0.4, 0.5) is 10.5 Å². The lowest BCUT2D eigenvalue weighted by Gasteiger charge is -2.21. The number of benzene rings is 1. The number of carbonyl (C=O) groups is 1. The monoisotopic (exact) mass is 204 g/mol. The summed E-state index contributed by atoms with van der Waals surface area (Å²) in [5.41, 5.74) is 0.369. The van der Waals surface area contributed by atoms with E-state index in [2.05, 4.69) is 17.2 Å². The number of carbonyl (C=O) groups excluding carboxylic acids is 1. The third kappa shape index (κ3) is 3.85. The zero-order valence-electron chi connectivity index (χ0n) is 9.08. The van der Waals surface area contributed by atoms with E-state index in [0.29, 0.717) is 0 Å². The largest absolute Gasteiger partial charge is 0.330 e. The average Bonchev–Trinajstić information content (AvgIpc) is 2.18. The van der Waals surface area contributed by atoms with Crippen LogP contribution in [0.3, 0.4) is 0 Å². The van der Waals surface area contributed by atoms with Crippen molar-refractivity contribution in [3.05, 3.63) is 43.0 Å². The van der Waals surface area contributed by atoms with Crippen molar-refractivity contribution in [3.63, 3.8) is 0 Å². The summed E-state index contributed by atoms with van der Waals surface area (Å²) in [5.74, 6) is 0. The van der Waals surface area contributed by atoms with Gasteiger partial charge in [0.25, 0.3) is 0 Å². The van der Waals surface area contributed by atoms with Gasteiger partial charge in [-0.15, -0.1) is 6.58 Å². The third-order valence-corrected chi connectivity index (χ3v) is 1.98. The summed E-state index contributed by atoms with van der Waals surface area (Å²) in [6.07, 6.45) is 1.69. The molecular formula is C12H16N2O. The van der Waals surface area contributed by atoms with Gasteiger partial charge in [0.05, 0.1) is 5.54 Å². The van der Waals surface area contributed by atoms with E-state index in [1.165, 1.54) is 0 Å². The Morgan fingerprint density at radius 1 is 1.33 bits per heavy atom. The molecule has 0 aliphatic heterocycles. The fourth-order valence-corrected chi connectivity index (χ4v) is 1.03. The molecule has 0 aliphatic carbocycles. The number of rotatable bonds is 3. The second-order valence-corrected chi connectivity index (χ2v) is 3.87. The lowest BCUT2D eigenvalue weighted by molar-refractivity contribution is 0.246. The van der Waals surface area contributed by atoms with Gasteiger partial charge in [0.2, 0.25) is 0 Å². The molecule has 0 fully saturated rings. The minimum Gasteiger partial charge on any atom is -0.330 e. The summed E-state index contributed by atoms with van der Waals surface area (Å²) >= 11 is 0. The van der Waals surface area contributed by atoms with Crippen LogP contribution in [0.15, 0.2) is 43.0 Å². The van der Waals surface area contributed by atoms with Crippen molar-refractivity contribution in [1.29, 1.82) is 0 Å². The van der Waals surface area contributed by atoms with Gasteiger partial charge in [0, 0.05) is 5.69 Å². The predicted molar refractivity (Wildman–Crippen MR) is 62.9 cm³/mol. The zero-order chi connectivity index (χ0) is 11.3. The molecule has 0 atom stereocenters. The minimum absolute atomic E-state index is 0.230. The molecule has 3 heteroatoms. The molecule has 0 saturated carbocycles. The van der Waals surface area contributed by atoms with Crippen molar-refractivity contribution in [3.8, 4) is 0 Å². The van der Waals surface area contributed by atoms with Crippen LogP contribution in [0.2, 0.25) is 0 Å². The molecule has 15 heavy (non-hydrogen) atoms. The van der Waals surface area contributed by atoms with E-state index in [4.69, 9.17) is 0 Å². The van der Waals surface area contributed by atoms with Crippen molar-refractivity contribution in [2.24, 2.45) is 0 Å². The first-order chi connectivity index (χ1) is 7.03. The van der Waals surface area contributed by atoms with E-state index < -0.39 is 5.54 Å². The Morgan fingerprint density at radius 3 is 2.47 bits per heavy atom. The van der Waals surface area contributed by atoms with Crippen LogP contribution in [-0.2, 0) is 0 Å². The van der Waals surface area contributed by atoms with Crippen molar-refractivity contribution in [2.45, 2.75) is 19.4 Å². The lowest BCUT2D eigenvalue weighted by atomic mass is 10.1. The maximum absolute atomic E-state index is 11.5. The Hall–Kier alpha value is -1.77. The SMILES string of the molecule is C=CC(C)(C)NC(=O)Nc1ccccc1. The number of nitrogens with one attached hydrogen (secondary N) is 2. The lowest BCUT2D eigenvalue weighted by Crippen LogP contribution is -2.43. The summed E-state index contributed by atoms with van der Waals surface area (Å²) < 4.78 is 0. The van der Waals surface area contributed by atoms with Gasteiger partial charge in [0.1, 0.15) is 0 Å². The summed E-state index contributed by atoms with van der Waals surface area (Å²) in [4.78, 5) is 11.5. The standard InChI is InChI=1S/C12H16N2O/c1-4-12(2,3)14-11(15)13-10-8-6-5-7-9-10/h4-9H,1H2,2-3H3,(H2,13,14,15).